The SMILES string of the molecule is CO[Si]C(C)(C)CCCCCCCNCCC[Si](OC)(OC)OC. The van der Waals surface area contributed by atoms with Crippen LogP contribution < -0.4 is 5.32 Å². The van der Waals surface area contributed by atoms with Gasteiger partial charge in [-0.15, -0.1) is 0 Å². The summed E-state index contributed by atoms with van der Waals surface area (Å²) in [7, 11) is 5.05. The Morgan fingerprint density at radius 2 is 1.33 bits per heavy atom. The van der Waals surface area contributed by atoms with E-state index < -0.39 is 8.80 Å². The molecule has 0 bridgehead atoms. The molecular weight excluding hydrogens is 338 g/mol. The minimum absolute atomic E-state index is 0.349. The van der Waals surface area contributed by atoms with E-state index in [2.05, 4.69) is 19.2 Å². The predicted molar refractivity (Wildman–Crippen MR) is 104 cm³/mol. The first-order valence-corrected chi connectivity index (χ1v) is 12.0. The molecule has 0 saturated carbocycles. The van der Waals surface area contributed by atoms with E-state index in [9.17, 15) is 0 Å². The number of hydrogen-bond acceptors (Lipinski definition) is 5. The molecule has 7 heteroatoms. The minimum Gasteiger partial charge on any atom is -0.420 e. The molecule has 0 aliphatic rings. The van der Waals surface area contributed by atoms with Gasteiger partial charge in [0.15, 0.2) is 0 Å². The van der Waals surface area contributed by atoms with Gasteiger partial charge in [0.05, 0.1) is 0 Å². The van der Waals surface area contributed by atoms with Crippen molar-refractivity contribution in [2.75, 3.05) is 41.5 Å². The molecular formula is C17H39NO4Si2. The molecule has 0 aliphatic carbocycles. The highest BCUT2D eigenvalue weighted by molar-refractivity contribution is 6.60. The minimum atomic E-state index is -2.38. The van der Waals surface area contributed by atoms with Gasteiger partial charge < -0.3 is 23.0 Å². The van der Waals surface area contributed by atoms with Crippen LogP contribution in [0, 0.1) is 0 Å². The Labute approximate surface area is 153 Å². The van der Waals surface area contributed by atoms with E-state index in [0.29, 0.717) is 14.8 Å². The molecule has 2 radical (unpaired) electrons. The average Bonchev–Trinajstić information content (AvgIpc) is 2.56. The fourth-order valence-electron chi connectivity index (χ4n) is 2.79. The van der Waals surface area contributed by atoms with Crippen molar-refractivity contribution in [2.24, 2.45) is 0 Å². The second-order valence-electron chi connectivity index (χ2n) is 6.86. The Hall–Kier alpha value is 0.234. The van der Waals surface area contributed by atoms with Crippen LogP contribution in [0.4, 0.5) is 0 Å². The Kier molecular flexibility index (Phi) is 14.5. The molecule has 0 aromatic rings. The van der Waals surface area contributed by atoms with Crippen LogP contribution in [0.25, 0.3) is 0 Å². The second-order valence-corrected chi connectivity index (χ2v) is 11.9. The molecule has 1 N–H and O–H groups in total. The van der Waals surface area contributed by atoms with E-state index in [1.807, 2.05) is 0 Å². The summed E-state index contributed by atoms with van der Waals surface area (Å²) < 4.78 is 21.5. The zero-order valence-corrected chi connectivity index (χ0v) is 18.7. The predicted octanol–water partition coefficient (Wildman–Crippen LogP) is 3.65. The molecule has 0 fully saturated rings. The summed E-state index contributed by atoms with van der Waals surface area (Å²) in [6.07, 6.45) is 8.84. The largest absolute Gasteiger partial charge is 0.500 e. The molecule has 5 nitrogen and oxygen atoms in total. The van der Waals surface area contributed by atoms with Crippen molar-refractivity contribution in [3.63, 3.8) is 0 Å². The Bertz CT molecular complexity index is 281. The highest BCUT2D eigenvalue weighted by atomic mass is 28.4. The standard InChI is InChI=1S/C17H39NO4Si2/c1-17(2,23-19-3)13-10-8-7-9-11-14-18-15-12-16-24(20-4,21-5)22-6/h18H,7-16H2,1-6H3. The maximum absolute atomic E-state index is 5.42. The van der Waals surface area contributed by atoms with Gasteiger partial charge in [0, 0.05) is 34.5 Å². The Balaban J connectivity index is 3.43. The summed E-state index contributed by atoms with van der Waals surface area (Å²) in [6.45, 7) is 6.69. The second kappa shape index (κ2) is 14.4. The van der Waals surface area contributed by atoms with Crippen LogP contribution in [0.5, 0.6) is 0 Å². The fourth-order valence-corrected chi connectivity index (χ4v) is 5.34. The third kappa shape index (κ3) is 11.7. The molecule has 144 valence electrons. The third-order valence-electron chi connectivity index (χ3n) is 4.30. The summed E-state index contributed by atoms with van der Waals surface area (Å²) in [5, 5.41) is 3.85. The van der Waals surface area contributed by atoms with Crippen LogP contribution in [0.3, 0.4) is 0 Å². The van der Waals surface area contributed by atoms with Crippen molar-refractivity contribution in [1.29, 1.82) is 0 Å². The van der Waals surface area contributed by atoms with Gasteiger partial charge in [-0.05, 0) is 37.4 Å². The van der Waals surface area contributed by atoms with E-state index in [-0.39, 0.29) is 0 Å². The smallest absolute Gasteiger partial charge is 0.420 e. The molecule has 0 saturated heterocycles. The van der Waals surface area contributed by atoms with Gasteiger partial charge in [-0.3, -0.25) is 0 Å². The lowest BCUT2D eigenvalue weighted by Gasteiger charge is -2.24. The van der Waals surface area contributed by atoms with Crippen LogP contribution >= 0.6 is 0 Å². The van der Waals surface area contributed by atoms with E-state index in [1.54, 1.807) is 28.4 Å². The first-order chi connectivity index (χ1) is 11.4. The maximum atomic E-state index is 5.42. The van der Waals surface area contributed by atoms with Gasteiger partial charge in [0.25, 0.3) is 0 Å². The van der Waals surface area contributed by atoms with E-state index in [0.717, 1.165) is 25.6 Å². The number of rotatable bonds is 17. The lowest BCUT2D eigenvalue weighted by Crippen LogP contribution is -2.43. The molecule has 24 heavy (non-hydrogen) atoms. The molecule has 0 rings (SSSR count). The molecule has 0 heterocycles. The summed E-state index contributed by atoms with van der Waals surface area (Å²) in [6, 6.07) is 0.863. The quantitative estimate of drug-likeness (QED) is 0.310. The van der Waals surface area contributed by atoms with Crippen LogP contribution in [-0.2, 0) is 17.7 Å². The van der Waals surface area contributed by atoms with Gasteiger partial charge >= 0.3 is 8.80 Å². The topological polar surface area (TPSA) is 49.0 Å². The van der Waals surface area contributed by atoms with Crippen LogP contribution in [-0.4, -0.2) is 60.1 Å². The van der Waals surface area contributed by atoms with Gasteiger partial charge in [0.1, 0.15) is 0 Å². The van der Waals surface area contributed by atoms with Crippen LogP contribution in [0.1, 0.15) is 58.8 Å². The summed E-state index contributed by atoms with van der Waals surface area (Å²) in [4.78, 5) is 0. The van der Waals surface area contributed by atoms with Crippen molar-refractivity contribution in [3.8, 4) is 0 Å². The summed E-state index contributed by atoms with van der Waals surface area (Å²) in [5.41, 5.74) is 0. The lowest BCUT2D eigenvalue weighted by atomic mass is 10.0. The van der Waals surface area contributed by atoms with Gasteiger partial charge in [-0.1, -0.05) is 39.5 Å². The van der Waals surface area contributed by atoms with Crippen LogP contribution in [0.15, 0.2) is 0 Å². The Morgan fingerprint density at radius 3 is 1.92 bits per heavy atom. The maximum Gasteiger partial charge on any atom is 0.500 e. The van der Waals surface area contributed by atoms with Crippen molar-refractivity contribution in [3.05, 3.63) is 0 Å². The number of unbranched alkanes of at least 4 members (excludes halogenated alkanes) is 4. The number of nitrogens with one attached hydrogen (secondary N) is 1. The highest BCUT2D eigenvalue weighted by Gasteiger charge is 2.36. The molecule has 0 atom stereocenters. The van der Waals surface area contributed by atoms with Crippen molar-refractivity contribution in [1.82, 2.24) is 5.32 Å². The third-order valence-corrected chi connectivity index (χ3v) is 8.14. The van der Waals surface area contributed by atoms with E-state index >= 15 is 0 Å². The Morgan fingerprint density at radius 1 is 0.792 bits per heavy atom. The van der Waals surface area contributed by atoms with E-state index in [4.69, 9.17) is 17.7 Å². The summed E-state index contributed by atoms with van der Waals surface area (Å²) in [5.74, 6) is 0. The van der Waals surface area contributed by atoms with Crippen molar-refractivity contribution < 1.29 is 17.7 Å². The average molecular weight is 378 g/mol. The zero-order chi connectivity index (χ0) is 18.3. The highest BCUT2D eigenvalue weighted by Crippen LogP contribution is 2.30. The first kappa shape index (κ1) is 24.2. The molecule has 0 amide bonds. The molecule has 0 unspecified atom stereocenters. The lowest BCUT2D eigenvalue weighted by molar-refractivity contribution is 0.123. The normalized spacial score (nSPS) is 12.8. The number of hydrogen-bond donors (Lipinski definition) is 1. The first-order valence-electron chi connectivity index (χ1n) is 9.11. The van der Waals surface area contributed by atoms with Gasteiger partial charge in [-0.25, -0.2) is 0 Å². The van der Waals surface area contributed by atoms with Crippen LogP contribution in [0.2, 0.25) is 11.1 Å². The van der Waals surface area contributed by atoms with Gasteiger partial charge in [0.2, 0.25) is 9.76 Å². The van der Waals surface area contributed by atoms with E-state index in [1.165, 1.54) is 38.5 Å². The molecule has 0 aromatic heterocycles. The zero-order valence-electron chi connectivity index (χ0n) is 16.7. The van der Waals surface area contributed by atoms with Gasteiger partial charge in [-0.2, -0.15) is 0 Å². The molecule has 0 aliphatic heterocycles. The monoisotopic (exact) mass is 377 g/mol. The molecule has 0 spiro atoms. The summed E-state index contributed by atoms with van der Waals surface area (Å²) >= 11 is 0. The fraction of sp³-hybridized carbons (Fsp3) is 1.00. The van der Waals surface area contributed by atoms with Crippen molar-refractivity contribution >= 4 is 18.6 Å². The van der Waals surface area contributed by atoms with Crippen molar-refractivity contribution in [2.45, 2.75) is 69.9 Å². The molecule has 0 aromatic carbocycles.